The molecule has 0 spiro atoms. The number of rotatable bonds is 9. The summed E-state index contributed by atoms with van der Waals surface area (Å²) in [6.07, 6.45) is 1.80. The van der Waals surface area contributed by atoms with Gasteiger partial charge in [-0.05, 0) is 75.8 Å². The molecule has 0 saturated carbocycles. The predicted molar refractivity (Wildman–Crippen MR) is 185 cm³/mol. The zero-order chi connectivity index (χ0) is 31.5. The highest BCUT2D eigenvalue weighted by Crippen LogP contribution is 2.38. The van der Waals surface area contributed by atoms with Crippen LogP contribution >= 0.6 is 54.5 Å². The molecule has 6 rings (SSSR count). The number of benzene rings is 3. The van der Waals surface area contributed by atoms with E-state index in [-0.39, 0.29) is 12.2 Å². The summed E-state index contributed by atoms with van der Waals surface area (Å²) in [6.45, 7) is 2.32. The van der Waals surface area contributed by atoms with Gasteiger partial charge in [0.2, 0.25) is 0 Å². The third-order valence-electron chi connectivity index (χ3n) is 7.03. The molecule has 2 aromatic heterocycles. The second-order valence-corrected chi connectivity index (χ2v) is 13.7. The van der Waals surface area contributed by atoms with Crippen molar-refractivity contribution in [2.45, 2.75) is 19.6 Å². The molecular weight excluding hydrogens is 740 g/mol. The quantitative estimate of drug-likeness (QED) is 0.150. The Hall–Kier alpha value is -3.77. The summed E-state index contributed by atoms with van der Waals surface area (Å²) >= 11 is 9.83. The van der Waals surface area contributed by atoms with Crippen LogP contribution in [0.4, 0.5) is 0 Å². The molecule has 0 bridgehead atoms. The Bertz CT molecular complexity index is 2070. The number of hydrogen-bond donors (Lipinski definition) is 0. The minimum atomic E-state index is -0.687. The van der Waals surface area contributed by atoms with Gasteiger partial charge in [0.1, 0.15) is 12.6 Å². The van der Waals surface area contributed by atoms with Gasteiger partial charge in [0, 0.05) is 14.9 Å². The molecule has 1 aliphatic heterocycles. The molecule has 0 unspecified atom stereocenters. The molecule has 0 saturated heterocycles. The lowest BCUT2D eigenvalue weighted by atomic mass is 9.97. The lowest BCUT2D eigenvalue weighted by Crippen LogP contribution is -2.39. The van der Waals surface area contributed by atoms with Crippen LogP contribution in [0.3, 0.4) is 0 Å². The smallest absolute Gasteiger partial charge is 0.338 e. The van der Waals surface area contributed by atoms with Crippen LogP contribution in [0.2, 0.25) is 0 Å². The van der Waals surface area contributed by atoms with Crippen molar-refractivity contribution in [2.24, 2.45) is 4.99 Å². The highest BCUT2D eigenvalue weighted by atomic mass is 79.9. The van der Waals surface area contributed by atoms with E-state index in [1.54, 1.807) is 24.7 Å². The van der Waals surface area contributed by atoms with Crippen LogP contribution in [0.5, 0.6) is 11.5 Å². The maximum atomic E-state index is 14.1. The van der Waals surface area contributed by atoms with Gasteiger partial charge >= 0.3 is 5.97 Å². The number of nitrogens with zero attached hydrogens (tertiary/aromatic N) is 2. The average Bonchev–Trinajstić information content (AvgIpc) is 3.69. The number of hydrogen-bond acceptors (Lipinski definition) is 8. The van der Waals surface area contributed by atoms with Crippen LogP contribution in [0, 0.1) is 0 Å². The van der Waals surface area contributed by atoms with Gasteiger partial charge < -0.3 is 14.2 Å². The van der Waals surface area contributed by atoms with Crippen LogP contribution in [-0.4, -0.2) is 24.3 Å². The summed E-state index contributed by atoms with van der Waals surface area (Å²) in [7, 11) is 1.58. The summed E-state index contributed by atoms with van der Waals surface area (Å²) in [5, 5.41) is 1.93. The molecule has 3 heterocycles. The van der Waals surface area contributed by atoms with Gasteiger partial charge in [0.25, 0.3) is 5.56 Å². The van der Waals surface area contributed by atoms with Gasteiger partial charge in [0.15, 0.2) is 16.3 Å². The number of ether oxygens (including phenoxy) is 3. The molecule has 3 aromatic carbocycles. The van der Waals surface area contributed by atoms with E-state index in [1.807, 2.05) is 84.2 Å². The molecule has 0 N–H and O–H groups in total. The van der Waals surface area contributed by atoms with Crippen LogP contribution in [-0.2, 0) is 16.1 Å². The van der Waals surface area contributed by atoms with E-state index in [0.29, 0.717) is 43.2 Å². The van der Waals surface area contributed by atoms with Crippen molar-refractivity contribution in [3.63, 3.8) is 0 Å². The number of esters is 1. The van der Waals surface area contributed by atoms with Crippen LogP contribution in [0.25, 0.3) is 11.8 Å². The molecular formula is C34H26Br2N2O5S2. The van der Waals surface area contributed by atoms with E-state index in [4.69, 9.17) is 19.2 Å². The van der Waals surface area contributed by atoms with Gasteiger partial charge in [0.05, 0.1) is 34.0 Å². The summed E-state index contributed by atoms with van der Waals surface area (Å²) in [5.41, 5.74) is 3.09. The monoisotopic (exact) mass is 764 g/mol. The minimum Gasteiger partial charge on any atom is -0.493 e. The van der Waals surface area contributed by atoms with E-state index in [1.165, 1.54) is 22.7 Å². The normalized spacial score (nSPS) is 14.6. The highest BCUT2D eigenvalue weighted by Gasteiger charge is 2.35. The minimum absolute atomic E-state index is 0.200. The molecule has 0 amide bonds. The first-order valence-electron chi connectivity index (χ1n) is 13.9. The molecule has 11 heteroatoms. The fraction of sp³-hybridized carbons (Fsp3) is 0.147. The van der Waals surface area contributed by atoms with Gasteiger partial charge in [-0.2, -0.15) is 0 Å². The van der Waals surface area contributed by atoms with Crippen molar-refractivity contribution in [3.05, 3.63) is 140 Å². The van der Waals surface area contributed by atoms with E-state index in [9.17, 15) is 9.59 Å². The van der Waals surface area contributed by atoms with Crippen LogP contribution < -0.4 is 24.4 Å². The first kappa shape index (κ1) is 31.2. The van der Waals surface area contributed by atoms with Crippen molar-refractivity contribution < 1.29 is 19.0 Å². The Labute approximate surface area is 284 Å². The molecule has 1 aliphatic rings. The third kappa shape index (κ3) is 6.48. The van der Waals surface area contributed by atoms with Crippen molar-refractivity contribution in [2.75, 3.05) is 13.7 Å². The van der Waals surface area contributed by atoms with Crippen molar-refractivity contribution >= 4 is 72.3 Å². The maximum Gasteiger partial charge on any atom is 0.338 e. The molecule has 228 valence electrons. The zero-order valence-corrected chi connectivity index (χ0v) is 29.0. The van der Waals surface area contributed by atoms with Gasteiger partial charge in [-0.15, -0.1) is 11.3 Å². The standard InChI is InChI=1S/C34H26Br2N2O5S2/c1-3-42-33(40)28-29(22-8-5-4-6-9-22)37-34-38(30(28)26-10-7-15-44-26)32(39)27(45-34)18-21-16-24(36)31(25(17-21)41-2)43-19-20-11-13-23(35)14-12-20/h4-18,30H,3,19H2,1-2H3/b27-18-/t30-/m1/s1. The molecule has 45 heavy (non-hydrogen) atoms. The van der Waals surface area contributed by atoms with E-state index in [0.717, 1.165) is 26.0 Å². The summed E-state index contributed by atoms with van der Waals surface area (Å²) in [5.74, 6) is 0.580. The molecule has 0 fully saturated rings. The average molecular weight is 767 g/mol. The topological polar surface area (TPSA) is 79.1 Å². The summed E-state index contributed by atoms with van der Waals surface area (Å²) < 4.78 is 21.1. The van der Waals surface area contributed by atoms with E-state index in [2.05, 4.69) is 31.9 Å². The Morgan fingerprint density at radius 1 is 1.04 bits per heavy atom. The SMILES string of the molecule is CCOC(=O)C1=C(c2ccccc2)N=c2s/c(=C\c3cc(Br)c(OCc4ccc(Br)cc4)c(OC)c3)c(=O)n2[C@@H]1c1cccs1. The third-order valence-corrected chi connectivity index (χ3v) is 10.1. The second kappa shape index (κ2) is 13.7. The Morgan fingerprint density at radius 3 is 2.51 bits per heavy atom. The number of halogens is 2. The van der Waals surface area contributed by atoms with Crippen LogP contribution in [0.15, 0.2) is 109 Å². The van der Waals surface area contributed by atoms with Crippen LogP contribution in [0.1, 0.15) is 34.5 Å². The fourth-order valence-electron chi connectivity index (χ4n) is 5.01. The predicted octanol–water partition coefficient (Wildman–Crippen LogP) is 7.11. The molecule has 5 aromatic rings. The van der Waals surface area contributed by atoms with Gasteiger partial charge in [-0.25, -0.2) is 9.79 Å². The fourth-order valence-corrected chi connectivity index (χ4v) is 7.67. The van der Waals surface area contributed by atoms with Gasteiger partial charge in [-0.3, -0.25) is 9.36 Å². The molecule has 0 aliphatic carbocycles. The molecule has 1 atom stereocenters. The lowest BCUT2D eigenvalue weighted by Gasteiger charge is -2.24. The van der Waals surface area contributed by atoms with Gasteiger partial charge in [-0.1, -0.05) is 75.8 Å². The number of methoxy groups -OCH3 is 1. The van der Waals surface area contributed by atoms with Crippen molar-refractivity contribution in [3.8, 4) is 11.5 Å². The summed E-state index contributed by atoms with van der Waals surface area (Å²) in [6, 6.07) is 24.3. The van der Waals surface area contributed by atoms with Crippen molar-refractivity contribution in [1.82, 2.24) is 4.57 Å². The van der Waals surface area contributed by atoms with Crippen molar-refractivity contribution in [1.29, 1.82) is 0 Å². The second-order valence-electron chi connectivity index (χ2n) is 9.90. The number of fused-ring (bicyclic) bond motifs is 1. The number of carbonyl (C=O) groups is 1. The number of aromatic nitrogens is 1. The number of thiazole rings is 1. The maximum absolute atomic E-state index is 14.1. The van der Waals surface area contributed by atoms with E-state index >= 15 is 0 Å². The first-order valence-corrected chi connectivity index (χ1v) is 17.2. The number of thiophene rings is 1. The molecule has 0 radical (unpaired) electrons. The first-order chi connectivity index (χ1) is 21.9. The van der Waals surface area contributed by atoms with E-state index < -0.39 is 12.0 Å². The lowest BCUT2D eigenvalue weighted by molar-refractivity contribution is -0.138. The Balaban J connectivity index is 1.46. The molecule has 7 nitrogen and oxygen atoms in total. The number of carbonyl (C=O) groups excluding carboxylic acids is 1. The largest absolute Gasteiger partial charge is 0.493 e. The zero-order valence-electron chi connectivity index (χ0n) is 24.2. The Morgan fingerprint density at radius 2 is 1.82 bits per heavy atom. The highest BCUT2D eigenvalue weighted by molar-refractivity contribution is 9.10. The Kier molecular flexibility index (Phi) is 9.50. The summed E-state index contributed by atoms with van der Waals surface area (Å²) in [4.78, 5) is 33.9.